The number of hydrogen-bond acceptors (Lipinski definition) is 1. The Morgan fingerprint density at radius 3 is 0.889 bits per heavy atom. The normalized spacial score (nSPS) is 2.89. The summed E-state index contributed by atoms with van der Waals surface area (Å²) in [5.74, 6) is 0. The van der Waals surface area contributed by atoms with Crippen molar-refractivity contribution in [3.63, 3.8) is 0 Å². The summed E-state index contributed by atoms with van der Waals surface area (Å²) in [6.45, 7) is 0. The van der Waals surface area contributed by atoms with Gasteiger partial charge < -0.3 is 16.4 Å². The van der Waals surface area contributed by atoms with E-state index in [1.165, 1.54) is 0 Å². The molecule has 0 heterocycles. The molecule has 0 saturated carbocycles. The molecule has 0 aromatic rings. The van der Waals surface area contributed by atoms with Crippen LogP contribution in [-0.4, -0.2) is 147 Å². The van der Waals surface area contributed by atoms with Crippen LogP contribution in [0.4, 0.5) is 0 Å². The Labute approximate surface area is 145 Å². The molecular weight excluding hydrogens is 293 g/mol. The van der Waals surface area contributed by atoms with Crippen molar-refractivity contribution in [3.8, 4) is 0 Å². The van der Waals surface area contributed by atoms with E-state index >= 15 is 0 Å². The molecule has 0 aromatic heterocycles. The third-order valence-electron chi connectivity index (χ3n) is 0. The molecule has 0 aliphatic carbocycles. The van der Waals surface area contributed by atoms with Crippen LogP contribution in [0.25, 0.3) is 0 Å². The van der Waals surface area contributed by atoms with Crippen LogP contribution in [0.3, 0.4) is 0 Å². The van der Waals surface area contributed by atoms with Crippen LogP contribution >= 0.6 is 0 Å². The molecule has 2 radical (unpaired) electrons. The van der Waals surface area contributed by atoms with E-state index in [2.05, 4.69) is 0 Å². The van der Waals surface area contributed by atoms with E-state index in [9.17, 15) is 0 Å². The fourth-order valence-electron chi connectivity index (χ4n) is 0. The van der Waals surface area contributed by atoms with Gasteiger partial charge in [-0.2, -0.15) is 0 Å². The molecule has 9 heteroatoms. The molecule has 0 unspecified atom stereocenters. The van der Waals surface area contributed by atoms with Gasteiger partial charge in [0.2, 0.25) is 0 Å². The van der Waals surface area contributed by atoms with Crippen molar-refractivity contribution in [2.24, 2.45) is 0 Å². The standard InChI is InChI=1S/2K.5H2O.O.Sn/h;;5*1H2;;/q;;;;;;;;+2/p-2. The molecule has 0 aliphatic rings. The Morgan fingerprint density at radius 1 is 0.889 bits per heavy atom. The Morgan fingerprint density at radius 2 is 0.889 bits per heavy atom. The monoisotopic (exact) mass is 302 g/mol. The summed E-state index contributed by atoms with van der Waals surface area (Å²) in [5.41, 5.74) is 0. The first-order chi connectivity index (χ1) is 1.73. The summed E-state index contributed by atoms with van der Waals surface area (Å²) >= 11 is -3.79. The van der Waals surface area contributed by atoms with Gasteiger partial charge in [0.25, 0.3) is 0 Å². The van der Waals surface area contributed by atoms with Crippen LogP contribution in [0.2, 0.25) is 0 Å². The average molecular weight is 301 g/mol. The summed E-state index contributed by atoms with van der Waals surface area (Å²) in [7, 11) is 0. The van der Waals surface area contributed by atoms with Crippen molar-refractivity contribution in [3.05, 3.63) is 0 Å². The van der Waals surface area contributed by atoms with Crippen molar-refractivity contribution in [2.45, 2.75) is 0 Å². The second kappa shape index (κ2) is 29.9. The second-order valence-corrected chi connectivity index (χ2v) is 1.90. The van der Waals surface area contributed by atoms with Crippen LogP contribution in [0, 0.1) is 0 Å². The summed E-state index contributed by atoms with van der Waals surface area (Å²) in [6.07, 6.45) is 0. The van der Waals surface area contributed by atoms with E-state index in [-0.39, 0.29) is 119 Å². The van der Waals surface area contributed by atoms with E-state index in [0.717, 1.165) is 0 Å². The zero-order chi connectivity index (χ0) is 3.58. The van der Waals surface area contributed by atoms with Gasteiger partial charge in [-0.05, 0) is 0 Å². The fraction of sp³-hybridized carbons (Fsp3) is 0. The summed E-state index contributed by atoms with van der Waals surface area (Å²) in [4.78, 5) is 0. The van der Waals surface area contributed by atoms with Crippen molar-refractivity contribution in [2.75, 3.05) is 0 Å². The fourth-order valence-corrected chi connectivity index (χ4v) is 0. The second-order valence-electron chi connectivity index (χ2n) is 0.283. The van der Waals surface area contributed by atoms with Crippen LogP contribution in [0.15, 0.2) is 0 Å². The van der Waals surface area contributed by atoms with Gasteiger partial charge in [0.05, 0.1) is 0 Å². The van der Waals surface area contributed by atoms with E-state index in [0.29, 0.717) is 0 Å². The van der Waals surface area contributed by atoms with Gasteiger partial charge in [-0.1, -0.05) is 0 Å². The molecular formula is H8K2O6Sn. The zero-order valence-corrected chi connectivity index (χ0v) is 14.4. The molecule has 8 N–H and O–H groups in total. The van der Waals surface area contributed by atoms with Gasteiger partial charge in [-0.25, -0.2) is 0 Å². The predicted molar refractivity (Wildman–Crippen MR) is 33.2 cm³/mol. The molecule has 0 atom stereocenters. The summed E-state index contributed by atoms with van der Waals surface area (Å²) < 4.78 is 23.3. The van der Waals surface area contributed by atoms with E-state index in [1.54, 1.807) is 0 Å². The first-order valence-electron chi connectivity index (χ1n) is 0.651. The van der Waals surface area contributed by atoms with Crippen LogP contribution < -0.4 is 0 Å². The van der Waals surface area contributed by atoms with Gasteiger partial charge in [0.1, 0.15) is 0 Å². The Kier molecular flexibility index (Phi) is 129. The van der Waals surface area contributed by atoms with E-state index in [1.807, 2.05) is 0 Å². The molecule has 0 aromatic carbocycles. The van der Waals surface area contributed by atoms with Gasteiger partial charge in [-0.3, -0.25) is 0 Å². The first kappa shape index (κ1) is 38.8. The SMILES string of the molecule is O.O.O.[K].[K].[O]=[Sn]([OH])[OH]. The third-order valence-corrected chi connectivity index (χ3v) is 0. The minimum absolute atomic E-state index is 0. The zero-order valence-electron chi connectivity index (χ0n) is 5.30. The minimum atomic E-state index is -3.79. The molecule has 0 rings (SSSR count). The van der Waals surface area contributed by atoms with Crippen molar-refractivity contribution in [1.29, 1.82) is 0 Å². The van der Waals surface area contributed by atoms with E-state index in [4.69, 9.17) is 9.96 Å². The van der Waals surface area contributed by atoms with Crippen molar-refractivity contribution < 1.29 is 26.4 Å². The maximum atomic E-state index is 8.84. The van der Waals surface area contributed by atoms with E-state index < -0.39 is 20.6 Å². The van der Waals surface area contributed by atoms with Gasteiger partial charge in [-0.15, -0.1) is 0 Å². The number of hydrogen-bond donors (Lipinski definition) is 2. The Hall–Kier alpha value is 3.67. The predicted octanol–water partition coefficient (Wildman–Crippen LogP) is -4.85. The topological polar surface area (TPSA) is 152 Å². The molecule has 50 valence electrons. The molecule has 0 fully saturated rings. The van der Waals surface area contributed by atoms with Crippen molar-refractivity contribution >= 4 is 123 Å². The molecule has 0 aliphatic heterocycles. The third kappa shape index (κ3) is 81.0. The maximum absolute atomic E-state index is 8.84. The van der Waals surface area contributed by atoms with Crippen LogP contribution in [0.5, 0.6) is 0 Å². The van der Waals surface area contributed by atoms with Gasteiger partial charge >= 0.3 is 30.5 Å². The van der Waals surface area contributed by atoms with Crippen molar-refractivity contribution in [1.82, 2.24) is 0 Å². The molecule has 6 nitrogen and oxygen atoms in total. The average Bonchev–Trinajstić information content (AvgIpc) is 0.811. The summed E-state index contributed by atoms with van der Waals surface area (Å²) in [6, 6.07) is 0. The molecule has 0 amide bonds. The van der Waals surface area contributed by atoms with Gasteiger partial charge in [0, 0.05) is 103 Å². The van der Waals surface area contributed by atoms with Crippen LogP contribution in [0.1, 0.15) is 0 Å². The number of rotatable bonds is 0. The quantitative estimate of drug-likeness (QED) is 0.431. The van der Waals surface area contributed by atoms with Gasteiger partial charge in [0.15, 0.2) is 0 Å². The first-order valence-corrected chi connectivity index (χ1v) is 4.37. The summed E-state index contributed by atoms with van der Waals surface area (Å²) in [5, 5.41) is 0. The molecule has 0 bridgehead atoms. The molecule has 0 saturated heterocycles. The Balaban J connectivity index is -0.00000000450. The van der Waals surface area contributed by atoms with Crippen LogP contribution in [-0.2, 0) is 3.08 Å². The molecule has 9 heavy (non-hydrogen) atoms. The Bertz CT molecular complexity index is 34.0. The molecule has 0 spiro atoms.